The van der Waals surface area contributed by atoms with Crippen LogP contribution in [0.1, 0.15) is 21.8 Å². The fourth-order valence-corrected chi connectivity index (χ4v) is 1.53. The van der Waals surface area contributed by atoms with Crippen molar-refractivity contribution in [1.29, 1.82) is 0 Å². The number of rotatable bonds is 3. The molecule has 0 spiro atoms. The van der Waals surface area contributed by atoms with Crippen LogP contribution in [0.2, 0.25) is 0 Å². The summed E-state index contributed by atoms with van der Waals surface area (Å²) in [4.78, 5) is 10.8. The molecule has 0 aliphatic carbocycles. The summed E-state index contributed by atoms with van der Waals surface area (Å²) in [5, 5.41) is 0. The van der Waals surface area contributed by atoms with Crippen molar-refractivity contribution in [2.45, 2.75) is 5.92 Å². The molecule has 0 N–H and O–H groups in total. The van der Waals surface area contributed by atoms with E-state index >= 15 is 0 Å². The first-order chi connectivity index (χ1) is 6.85. The van der Waals surface area contributed by atoms with Crippen molar-refractivity contribution in [2.75, 3.05) is 20.3 Å². The zero-order chi connectivity index (χ0) is 9.97. The largest absolute Gasteiger partial charge is 0.496 e. The molecule has 1 heterocycles. The summed E-state index contributed by atoms with van der Waals surface area (Å²) in [5.74, 6) is 1.07. The first-order valence-electron chi connectivity index (χ1n) is 4.56. The average molecular weight is 192 g/mol. The number of hydrogen-bond donors (Lipinski definition) is 0. The van der Waals surface area contributed by atoms with Crippen molar-refractivity contribution in [3.05, 3.63) is 29.3 Å². The van der Waals surface area contributed by atoms with Gasteiger partial charge in [0.25, 0.3) is 0 Å². The Hall–Kier alpha value is -1.35. The van der Waals surface area contributed by atoms with Crippen LogP contribution in [0.15, 0.2) is 18.2 Å². The average Bonchev–Trinajstić information content (AvgIpc) is 2.15. The van der Waals surface area contributed by atoms with E-state index in [0.717, 1.165) is 25.1 Å². The van der Waals surface area contributed by atoms with E-state index < -0.39 is 0 Å². The van der Waals surface area contributed by atoms with Gasteiger partial charge in [-0.15, -0.1) is 0 Å². The molecule has 0 unspecified atom stereocenters. The standard InChI is InChI=1S/C11H12O3/c1-13-11-3-2-8(4-9(11)5-12)10-6-14-7-10/h2-5,10H,6-7H2,1H3. The van der Waals surface area contributed by atoms with Crippen LogP contribution in [0.4, 0.5) is 0 Å². The molecule has 1 fully saturated rings. The van der Waals surface area contributed by atoms with Crippen LogP contribution < -0.4 is 4.74 Å². The molecular formula is C11H12O3. The molecule has 1 aromatic carbocycles. The van der Waals surface area contributed by atoms with E-state index in [1.165, 1.54) is 0 Å². The van der Waals surface area contributed by atoms with Crippen LogP contribution in [0.5, 0.6) is 5.75 Å². The summed E-state index contributed by atoms with van der Waals surface area (Å²) >= 11 is 0. The highest BCUT2D eigenvalue weighted by Gasteiger charge is 2.21. The molecule has 1 aliphatic rings. The molecule has 0 aromatic heterocycles. The van der Waals surface area contributed by atoms with Crippen molar-refractivity contribution in [1.82, 2.24) is 0 Å². The highest BCUT2D eigenvalue weighted by molar-refractivity contribution is 5.79. The van der Waals surface area contributed by atoms with Gasteiger partial charge in [-0.2, -0.15) is 0 Å². The molecule has 0 bridgehead atoms. The van der Waals surface area contributed by atoms with Crippen molar-refractivity contribution in [2.24, 2.45) is 0 Å². The second-order valence-corrected chi connectivity index (χ2v) is 3.35. The Labute approximate surface area is 82.6 Å². The lowest BCUT2D eigenvalue weighted by molar-refractivity contribution is 0.00838. The maximum atomic E-state index is 10.8. The van der Waals surface area contributed by atoms with Gasteiger partial charge < -0.3 is 9.47 Å². The van der Waals surface area contributed by atoms with Gasteiger partial charge in [0.15, 0.2) is 6.29 Å². The zero-order valence-corrected chi connectivity index (χ0v) is 8.03. The number of carbonyl (C=O) groups excluding carboxylic acids is 1. The van der Waals surface area contributed by atoms with Crippen molar-refractivity contribution >= 4 is 6.29 Å². The van der Waals surface area contributed by atoms with Crippen LogP contribution in [0, 0.1) is 0 Å². The molecule has 3 nitrogen and oxygen atoms in total. The summed E-state index contributed by atoms with van der Waals surface area (Å²) in [6, 6.07) is 5.69. The third-order valence-corrected chi connectivity index (χ3v) is 2.49. The summed E-state index contributed by atoms with van der Waals surface area (Å²) in [5.41, 5.74) is 1.76. The van der Waals surface area contributed by atoms with Gasteiger partial charge in [0.05, 0.1) is 25.9 Å². The van der Waals surface area contributed by atoms with Gasteiger partial charge in [-0.25, -0.2) is 0 Å². The van der Waals surface area contributed by atoms with E-state index in [4.69, 9.17) is 9.47 Å². The Balaban J connectivity index is 2.30. The highest BCUT2D eigenvalue weighted by atomic mass is 16.5. The monoisotopic (exact) mass is 192 g/mol. The lowest BCUT2D eigenvalue weighted by Crippen LogP contribution is -2.25. The van der Waals surface area contributed by atoms with Crippen LogP contribution in [0.25, 0.3) is 0 Å². The summed E-state index contributed by atoms with van der Waals surface area (Å²) in [6.07, 6.45) is 0.821. The second kappa shape index (κ2) is 3.80. The number of methoxy groups -OCH3 is 1. The molecule has 0 radical (unpaired) electrons. The quantitative estimate of drug-likeness (QED) is 0.683. The molecule has 1 aliphatic heterocycles. The first kappa shape index (κ1) is 9.21. The predicted octanol–water partition coefficient (Wildman–Crippen LogP) is 1.62. The molecule has 74 valence electrons. The number of ether oxygens (including phenoxy) is 2. The lowest BCUT2D eigenvalue weighted by Gasteiger charge is -2.26. The van der Waals surface area contributed by atoms with Crippen molar-refractivity contribution < 1.29 is 14.3 Å². The molecule has 0 atom stereocenters. The molecule has 3 heteroatoms. The Morgan fingerprint density at radius 3 is 2.79 bits per heavy atom. The summed E-state index contributed by atoms with van der Waals surface area (Å²) < 4.78 is 10.2. The fraction of sp³-hybridized carbons (Fsp3) is 0.364. The summed E-state index contributed by atoms with van der Waals surface area (Å²) in [6.45, 7) is 1.51. The van der Waals surface area contributed by atoms with Crippen molar-refractivity contribution in [3.8, 4) is 5.75 Å². The second-order valence-electron chi connectivity index (χ2n) is 3.35. The number of carbonyl (C=O) groups is 1. The van der Waals surface area contributed by atoms with Gasteiger partial charge in [-0.1, -0.05) is 6.07 Å². The Morgan fingerprint density at radius 2 is 2.29 bits per heavy atom. The molecule has 0 saturated carbocycles. The third-order valence-electron chi connectivity index (χ3n) is 2.49. The molecule has 1 aromatic rings. The van der Waals surface area contributed by atoms with E-state index in [2.05, 4.69) is 0 Å². The molecule has 0 amide bonds. The van der Waals surface area contributed by atoms with E-state index in [-0.39, 0.29) is 0 Å². The van der Waals surface area contributed by atoms with E-state index in [9.17, 15) is 4.79 Å². The number of aldehydes is 1. The fourth-order valence-electron chi connectivity index (χ4n) is 1.53. The normalized spacial score (nSPS) is 16.1. The highest BCUT2D eigenvalue weighted by Crippen LogP contribution is 2.27. The number of benzene rings is 1. The Morgan fingerprint density at radius 1 is 1.50 bits per heavy atom. The van der Waals surface area contributed by atoms with Crippen LogP contribution in [0.3, 0.4) is 0 Å². The van der Waals surface area contributed by atoms with Crippen molar-refractivity contribution in [3.63, 3.8) is 0 Å². The predicted molar refractivity (Wildman–Crippen MR) is 51.9 cm³/mol. The third kappa shape index (κ3) is 1.51. The maximum Gasteiger partial charge on any atom is 0.153 e. The van der Waals surface area contributed by atoms with E-state index in [0.29, 0.717) is 17.2 Å². The van der Waals surface area contributed by atoms with Gasteiger partial charge in [-0.3, -0.25) is 4.79 Å². The van der Waals surface area contributed by atoms with Gasteiger partial charge in [0.2, 0.25) is 0 Å². The molecule has 14 heavy (non-hydrogen) atoms. The van der Waals surface area contributed by atoms with Crippen LogP contribution in [-0.2, 0) is 4.74 Å². The Kier molecular flexibility index (Phi) is 2.50. The topological polar surface area (TPSA) is 35.5 Å². The van der Waals surface area contributed by atoms with Crippen LogP contribution >= 0.6 is 0 Å². The van der Waals surface area contributed by atoms with E-state index in [1.807, 2.05) is 18.2 Å². The molecule has 1 saturated heterocycles. The van der Waals surface area contributed by atoms with Gasteiger partial charge >= 0.3 is 0 Å². The minimum absolute atomic E-state index is 0.444. The van der Waals surface area contributed by atoms with Crippen LogP contribution in [-0.4, -0.2) is 26.6 Å². The first-order valence-corrected chi connectivity index (χ1v) is 4.56. The van der Waals surface area contributed by atoms with Gasteiger partial charge in [0, 0.05) is 5.92 Å². The van der Waals surface area contributed by atoms with Gasteiger partial charge in [-0.05, 0) is 17.7 Å². The van der Waals surface area contributed by atoms with Gasteiger partial charge in [0.1, 0.15) is 5.75 Å². The minimum Gasteiger partial charge on any atom is -0.496 e. The Bertz CT molecular complexity index is 342. The number of hydrogen-bond acceptors (Lipinski definition) is 3. The van der Waals surface area contributed by atoms with E-state index in [1.54, 1.807) is 7.11 Å². The zero-order valence-electron chi connectivity index (χ0n) is 8.03. The smallest absolute Gasteiger partial charge is 0.153 e. The summed E-state index contributed by atoms with van der Waals surface area (Å²) in [7, 11) is 1.56. The lowest BCUT2D eigenvalue weighted by atomic mass is 9.96. The SMILES string of the molecule is COc1ccc(C2COC2)cc1C=O. The maximum absolute atomic E-state index is 10.8. The molecular weight excluding hydrogens is 180 g/mol. The molecule has 2 rings (SSSR count). The minimum atomic E-state index is 0.444.